The molecule has 1 aliphatic heterocycles. The normalized spacial score (nSPS) is 15.5. The van der Waals surface area contributed by atoms with E-state index in [0.717, 1.165) is 11.1 Å². The van der Waals surface area contributed by atoms with Crippen molar-refractivity contribution in [3.63, 3.8) is 0 Å². The lowest BCUT2D eigenvalue weighted by Gasteiger charge is -2.34. The third kappa shape index (κ3) is 5.77. The lowest BCUT2D eigenvalue weighted by molar-refractivity contribution is -0.140. The van der Waals surface area contributed by atoms with Crippen LogP contribution < -0.4 is 5.32 Å². The zero-order valence-electron chi connectivity index (χ0n) is 21.1. The van der Waals surface area contributed by atoms with Crippen molar-refractivity contribution in [2.45, 2.75) is 39.7 Å². The molecule has 1 atom stereocenters. The summed E-state index contributed by atoms with van der Waals surface area (Å²) in [6.07, 6.45) is 0.127. The number of nitrogens with zero attached hydrogens (tertiary/aromatic N) is 1. The molecule has 37 heavy (non-hydrogen) atoms. The van der Waals surface area contributed by atoms with E-state index < -0.39 is 23.6 Å². The first kappa shape index (κ1) is 25.8. The maximum atomic E-state index is 14.0. The number of ether oxygens (including phenoxy) is 1. The second kappa shape index (κ2) is 11.2. The van der Waals surface area contributed by atoms with E-state index in [9.17, 15) is 18.8 Å². The number of carbonyl (C=O) groups is 3. The number of nitrogens with one attached hydrogen (secondary N) is 1. The van der Waals surface area contributed by atoms with E-state index in [1.54, 1.807) is 55.1 Å². The molecule has 1 N–H and O–H groups in total. The summed E-state index contributed by atoms with van der Waals surface area (Å²) in [5, 5.41) is 2.57. The summed E-state index contributed by atoms with van der Waals surface area (Å²) in [6.45, 7) is 5.88. The van der Waals surface area contributed by atoms with E-state index in [1.165, 1.54) is 12.1 Å². The van der Waals surface area contributed by atoms with Crippen molar-refractivity contribution < 1.29 is 23.5 Å². The van der Waals surface area contributed by atoms with E-state index in [-0.39, 0.29) is 31.2 Å². The number of allylic oxidation sites excluding steroid dienone is 1. The molecule has 0 fully saturated rings. The minimum absolute atomic E-state index is 0.0871. The Balaban J connectivity index is 1.62. The van der Waals surface area contributed by atoms with Crippen molar-refractivity contribution >= 4 is 23.5 Å². The van der Waals surface area contributed by atoms with Gasteiger partial charge in [0.15, 0.2) is 0 Å². The molecule has 0 saturated heterocycles. The van der Waals surface area contributed by atoms with Gasteiger partial charge in [-0.2, -0.15) is 0 Å². The van der Waals surface area contributed by atoms with Crippen LogP contribution in [0.3, 0.4) is 0 Å². The number of hydrogen-bond donors (Lipinski definition) is 1. The number of hydrogen-bond acceptors (Lipinski definition) is 4. The Morgan fingerprint density at radius 3 is 2.46 bits per heavy atom. The van der Waals surface area contributed by atoms with Gasteiger partial charge in [0, 0.05) is 23.6 Å². The Bertz CT molecular complexity index is 1360. The number of aryl methyl sites for hydroxylation is 1. The summed E-state index contributed by atoms with van der Waals surface area (Å²) >= 11 is 0. The van der Waals surface area contributed by atoms with Crippen LogP contribution in [0.1, 0.15) is 53.2 Å². The van der Waals surface area contributed by atoms with Crippen LogP contribution in [-0.4, -0.2) is 29.3 Å². The monoisotopic (exact) mass is 500 g/mol. The number of carbonyl (C=O) groups excluding carboxylic acids is 3. The Morgan fingerprint density at radius 2 is 1.76 bits per heavy atom. The smallest absolute Gasteiger partial charge is 0.336 e. The predicted octanol–water partition coefficient (Wildman–Crippen LogP) is 5.74. The van der Waals surface area contributed by atoms with Crippen molar-refractivity contribution in [3.05, 3.63) is 112 Å². The van der Waals surface area contributed by atoms with Gasteiger partial charge in [-0.15, -0.1) is 0 Å². The molecular weight excluding hydrogens is 471 g/mol. The molecule has 1 aliphatic rings. The number of esters is 1. The van der Waals surface area contributed by atoms with Gasteiger partial charge in [-0.3, -0.25) is 9.59 Å². The Labute approximate surface area is 215 Å². The number of para-hydroxylation sites is 1. The van der Waals surface area contributed by atoms with Crippen molar-refractivity contribution in [3.8, 4) is 0 Å². The van der Waals surface area contributed by atoms with Crippen LogP contribution in [0.4, 0.5) is 10.1 Å². The molecule has 0 spiro atoms. The summed E-state index contributed by atoms with van der Waals surface area (Å²) < 4.78 is 19.3. The molecule has 7 heteroatoms. The first-order valence-electron chi connectivity index (χ1n) is 12.2. The van der Waals surface area contributed by atoms with Crippen LogP contribution in [0.2, 0.25) is 0 Å². The fourth-order valence-electron chi connectivity index (χ4n) is 4.51. The van der Waals surface area contributed by atoms with Crippen molar-refractivity contribution in [1.82, 2.24) is 4.90 Å². The van der Waals surface area contributed by atoms with Gasteiger partial charge in [0.1, 0.15) is 5.82 Å². The van der Waals surface area contributed by atoms with Crippen LogP contribution in [0.15, 0.2) is 84.1 Å². The molecule has 190 valence electrons. The highest BCUT2D eigenvalue weighted by Crippen LogP contribution is 2.38. The first-order valence-corrected chi connectivity index (χ1v) is 12.2. The molecule has 3 aromatic rings. The molecule has 0 radical (unpaired) electrons. The van der Waals surface area contributed by atoms with E-state index in [0.29, 0.717) is 22.4 Å². The zero-order chi connectivity index (χ0) is 26.5. The second-order valence-electron chi connectivity index (χ2n) is 9.00. The molecule has 0 aliphatic carbocycles. The number of benzene rings is 3. The maximum absolute atomic E-state index is 14.0. The van der Waals surface area contributed by atoms with E-state index >= 15 is 0 Å². The molecule has 0 bridgehead atoms. The fraction of sp³-hybridized carbons (Fsp3) is 0.233. The number of anilines is 1. The van der Waals surface area contributed by atoms with Gasteiger partial charge in [-0.05, 0) is 56.2 Å². The zero-order valence-corrected chi connectivity index (χ0v) is 21.1. The number of halogens is 1. The van der Waals surface area contributed by atoms with Gasteiger partial charge in [0.05, 0.1) is 24.4 Å². The van der Waals surface area contributed by atoms with Gasteiger partial charge in [0.2, 0.25) is 5.91 Å². The summed E-state index contributed by atoms with van der Waals surface area (Å²) in [5.41, 5.74) is 4.07. The Kier molecular flexibility index (Phi) is 7.82. The molecular formula is C30H29FN2O4. The molecule has 6 nitrogen and oxygen atoms in total. The van der Waals surface area contributed by atoms with Crippen LogP contribution >= 0.6 is 0 Å². The van der Waals surface area contributed by atoms with Crippen molar-refractivity contribution in [2.75, 3.05) is 11.9 Å². The third-order valence-electron chi connectivity index (χ3n) is 6.45. The van der Waals surface area contributed by atoms with Crippen LogP contribution in [0, 0.1) is 12.7 Å². The SMILES string of the molecule is CCOC(=O)C1=C(C)N(Cc2cccc(C(=O)Nc3ccccc3F)c2)C(=O)CC1c1ccc(C)cc1. The maximum Gasteiger partial charge on any atom is 0.336 e. The quantitative estimate of drug-likeness (QED) is 0.420. The highest BCUT2D eigenvalue weighted by Gasteiger charge is 2.36. The average molecular weight is 501 g/mol. The van der Waals surface area contributed by atoms with Crippen LogP contribution in [-0.2, 0) is 20.9 Å². The molecule has 1 heterocycles. The lowest BCUT2D eigenvalue weighted by atomic mass is 9.83. The standard InChI is InChI=1S/C30H29FN2O4/c1-4-37-30(36)28-20(3)33(27(34)17-24(28)22-14-12-19(2)13-15-22)18-21-8-7-9-23(16-21)29(35)32-26-11-6-5-10-25(26)31/h5-16,24H,4,17-18H2,1-3H3,(H,32,35). The summed E-state index contributed by atoms with van der Waals surface area (Å²) in [5.74, 6) is -1.96. The van der Waals surface area contributed by atoms with E-state index in [1.807, 2.05) is 31.2 Å². The van der Waals surface area contributed by atoms with Gasteiger partial charge < -0.3 is 15.0 Å². The summed E-state index contributed by atoms with van der Waals surface area (Å²) in [4.78, 5) is 40.6. The number of rotatable bonds is 7. The minimum Gasteiger partial charge on any atom is -0.463 e. The second-order valence-corrected chi connectivity index (χ2v) is 9.00. The molecule has 0 aromatic heterocycles. The number of amides is 2. The Hall–Kier alpha value is -4.26. The molecule has 3 aromatic carbocycles. The van der Waals surface area contributed by atoms with Crippen LogP contribution in [0.5, 0.6) is 0 Å². The van der Waals surface area contributed by atoms with Gasteiger partial charge in [-0.1, -0.05) is 54.1 Å². The summed E-state index contributed by atoms with van der Waals surface area (Å²) in [7, 11) is 0. The van der Waals surface area contributed by atoms with Gasteiger partial charge in [-0.25, -0.2) is 9.18 Å². The van der Waals surface area contributed by atoms with E-state index in [4.69, 9.17) is 4.74 Å². The van der Waals surface area contributed by atoms with Gasteiger partial charge in [0.25, 0.3) is 5.91 Å². The van der Waals surface area contributed by atoms with E-state index in [2.05, 4.69) is 5.32 Å². The lowest BCUT2D eigenvalue weighted by Crippen LogP contribution is -2.38. The highest BCUT2D eigenvalue weighted by molar-refractivity contribution is 6.04. The molecule has 0 saturated carbocycles. The largest absolute Gasteiger partial charge is 0.463 e. The van der Waals surface area contributed by atoms with Crippen LogP contribution in [0.25, 0.3) is 0 Å². The third-order valence-corrected chi connectivity index (χ3v) is 6.45. The topological polar surface area (TPSA) is 75.7 Å². The predicted molar refractivity (Wildman–Crippen MR) is 139 cm³/mol. The molecule has 4 rings (SSSR count). The fourth-order valence-corrected chi connectivity index (χ4v) is 4.51. The minimum atomic E-state index is -0.527. The summed E-state index contributed by atoms with van der Waals surface area (Å²) in [6, 6.07) is 20.5. The van der Waals surface area contributed by atoms with Crippen molar-refractivity contribution in [1.29, 1.82) is 0 Å². The highest BCUT2D eigenvalue weighted by atomic mass is 19.1. The van der Waals surface area contributed by atoms with Gasteiger partial charge >= 0.3 is 5.97 Å². The molecule has 1 unspecified atom stereocenters. The Morgan fingerprint density at radius 1 is 1.03 bits per heavy atom. The molecule has 2 amide bonds. The van der Waals surface area contributed by atoms with Crippen molar-refractivity contribution in [2.24, 2.45) is 0 Å². The first-order chi connectivity index (χ1) is 17.8. The average Bonchev–Trinajstić information content (AvgIpc) is 2.88.